The van der Waals surface area contributed by atoms with E-state index >= 15 is 0 Å². The Labute approximate surface area is 176 Å². The molecule has 1 aromatic carbocycles. The molecule has 1 saturated carbocycles. The molecule has 3 aliphatic rings. The van der Waals surface area contributed by atoms with Gasteiger partial charge in [-0.3, -0.25) is 9.69 Å². The smallest absolute Gasteiger partial charge is 0.247 e. The van der Waals surface area contributed by atoms with Crippen molar-refractivity contribution < 1.29 is 4.79 Å². The van der Waals surface area contributed by atoms with Gasteiger partial charge < -0.3 is 10.2 Å². The number of benzene rings is 1. The van der Waals surface area contributed by atoms with E-state index in [1.807, 2.05) is 0 Å². The van der Waals surface area contributed by atoms with Crippen LogP contribution in [0.5, 0.6) is 0 Å². The Balaban J connectivity index is 1.12. The lowest BCUT2D eigenvalue weighted by Crippen LogP contribution is -2.47. The van der Waals surface area contributed by atoms with Crippen molar-refractivity contribution in [3.8, 4) is 0 Å². The number of amides is 1. The molecule has 4 rings (SSSR count). The van der Waals surface area contributed by atoms with E-state index in [0.29, 0.717) is 6.04 Å². The van der Waals surface area contributed by atoms with E-state index in [1.165, 1.54) is 57.4 Å². The fraction of sp³-hybridized carbons (Fsp3) is 0.640. The van der Waals surface area contributed by atoms with Crippen molar-refractivity contribution in [1.82, 2.24) is 10.2 Å². The molecule has 1 aromatic rings. The van der Waals surface area contributed by atoms with Crippen molar-refractivity contribution in [2.45, 2.75) is 63.8 Å². The lowest BCUT2D eigenvalue weighted by Gasteiger charge is -2.37. The van der Waals surface area contributed by atoms with Crippen LogP contribution in [0.25, 0.3) is 0 Å². The maximum atomic E-state index is 12.4. The molecule has 2 aliphatic carbocycles. The first-order valence-corrected chi connectivity index (χ1v) is 11.8. The quantitative estimate of drug-likeness (QED) is 0.777. The number of para-hydroxylation sites is 1. The van der Waals surface area contributed by atoms with E-state index in [9.17, 15) is 4.79 Å². The van der Waals surface area contributed by atoms with Crippen LogP contribution in [0.2, 0.25) is 0 Å². The lowest BCUT2D eigenvalue weighted by molar-refractivity contribution is -0.118. The van der Waals surface area contributed by atoms with Crippen LogP contribution in [0.4, 0.5) is 5.69 Å². The summed E-state index contributed by atoms with van der Waals surface area (Å²) in [5.41, 5.74) is 2.39. The largest absolute Gasteiger partial charge is 0.369 e. The Morgan fingerprint density at radius 1 is 0.966 bits per heavy atom. The number of carbonyl (C=O) groups excluding carboxylic acids is 1. The number of hydrogen-bond acceptors (Lipinski definition) is 3. The van der Waals surface area contributed by atoms with Crippen LogP contribution in [0, 0.1) is 5.92 Å². The predicted octanol–water partition coefficient (Wildman–Crippen LogP) is 4.37. The van der Waals surface area contributed by atoms with Gasteiger partial charge in [0.25, 0.3) is 0 Å². The first-order chi connectivity index (χ1) is 14.3. The molecule has 4 nitrogen and oxygen atoms in total. The third kappa shape index (κ3) is 5.85. The zero-order valence-corrected chi connectivity index (χ0v) is 17.8. The molecule has 4 heteroatoms. The second kappa shape index (κ2) is 10.3. The molecule has 0 aromatic heterocycles. The van der Waals surface area contributed by atoms with E-state index in [-0.39, 0.29) is 5.91 Å². The summed E-state index contributed by atoms with van der Waals surface area (Å²) < 4.78 is 0. The van der Waals surface area contributed by atoms with Gasteiger partial charge >= 0.3 is 0 Å². The van der Waals surface area contributed by atoms with E-state index in [1.54, 1.807) is 0 Å². The molecule has 1 saturated heterocycles. The third-order valence-electron chi connectivity index (χ3n) is 7.11. The zero-order valence-electron chi connectivity index (χ0n) is 17.8. The number of piperazine rings is 1. The highest BCUT2D eigenvalue weighted by Gasteiger charge is 2.25. The molecular formula is C25H37N3O. The Bertz CT molecular complexity index is 671. The molecule has 2 fully saturated rings. The summed E-state index contributed by atoms with van der Waals surface area (Å²) in [5, 5.41) is 3.31. The molecule has 1 heterocycles. The second-order valence-corrected chi connectivity index (χ2v) is 9.12. The minimum absolute atomic E-state index is 0.212. The lowest BCUT2D eigenvalue weighted by atomic mass is 9.83. The van der Waals surface area contributed by atoms with Crippen molar-refractivity contribution in [3.63, 3.8) is 0 Å². The zero-order chi connectivity index (χ0) is 19.9. The van der Waals surface area contributed by atoms with Gasteiger partial charge in [-0.05, 0) is 82.4 Å². The van der Waals surface area contributed by atoms with Crippen LogP contribution in [-0.2, 0) is 4.79 Å². The summed E-state index contributed by atoms with van der Waals surface area (Å²) in [6, 6.07) is 11.2. The molecule has 0 unspecified atom stereocenters. The van der Waals surface area contributed by atoms with Gasteiger partial charge in [0.05, 0.1) is 0 Å². The van der Waals surface area contributed by atoms with Gasteiger partial charge in [0.15, 0.2) is 0 Å². The molecule has 0 bridgehead atoms. The molecule has 0 radical (unpaired) electrons. The summed E-state index contributed by atoms with van der Waals surface area (Å²) in [6.45, 7) is 5.86. The van der Waals surface area contributed by atoms with Gasteiger partial charge in [-0.25, -0.2) is 0 Å². The summed E-state index contributed by atoms with van der Waals surface area (Å²) in [7, 11) is 0. The number of anilines is 1. The van der Waals surface area contributed by atoms with Crippen LogP contribution in [0.3, 0.4) is 0 Å². The standard InChI is InChI=1S/C25H37N3O/c29-25(22-7-3-1-4-8-22)26-23-13-11-21(12-14-23)15-16-27-17-19-28(20-18-27)24-9-5-2-6-10-24/h2,5-7,9-10,21,23H,1,3-4,8,11-20H2,(H,26,29). The van der Waals surface area contributed by atoms with Crippen LogP contribution < -0.4 is 10.2 Å². The van der Waals surface area contributed by atoms with E-state index in [0.717, 1.165) is 50.3 Å². The van der Waals surface area contributed by atoms with Gasteiger partial charge in [-0.2, -0.15) is 0 Å². The summed E-state index contributed by atoms with van der Waals surface area (Å²) >= 11 is 0. The molecule has 1 aliphatic heterocycles. The van der Waals surface area contributed by atoms with Crippen LogP contribution in [0.1, 0.15) is 57.8 Å². The Morgan fingerprint density at radius 2 is 1.72 bits per heavy atom. The normalized spacial score (nSPS) is 26.1. The Morgan fingerprint density at radius 3 is 2.41 bits per heavy atom. The van der Waals surface area contributed by atoms with Gasteiger partial charge in [-0.15, -0.1) is 0 Å². The first-order valence-electron chi connectivity index (χ1n) is 11.8. The molecule has 1 amide bonds. The maximum Gasteiger partial charge on any atom is 0.247 e. The molecular weight excluding hydrogens is 358 g/mol. The van der Waals surface area contributed by atoms with Gasteiger partial charge in [-0.1, -0.05) is 24.3 Å². The SMILES string of the molecule is O=C(NC1CCC(CCN2CCN(c3ccccc3)CC2)CC1)C1=CCCCC1. The average molecular weight is 396 g/mol. The monoisotopic (exact) mass is 395 g/mol. The summed E-state index contributed by atoms with van der Waals surface area (Å²) in [6.07, 6.45) is 12.8. The first kappa shape index (κ1) is 20.5. The van der Waals surface area contributed by atoms with Crippen LogP contribution >= 0.6 is 0 Å². The molecule has 158 valence electrons. The van der Waals surface area contributed by atoms with Gasteiger partial charge in [0.2, 0.25) is 5.91 Å². The van der Waals surface area contributed by atoms with Crippen molar-refractivity contribution >= 4 is 11.6 Å². The topological polar surface area (TPSA) is 35.6 Å². The summed E-state index contributed by atoms with van der Waals surface area (Å²) in [4.78, 5) is 17.6. The van der Waals surface area contributed by atoms with Crippen LogP contribution in [-0.4, -0.2) is 49.6 Å². The van der Waals surface area contributed by atoms with Crippen molar-refractivity contribution in [2.24, 2.45) is 5.92 Å². The molecule has 1 N–H and O–H groups in total. The third-order valence-corrected chi connectivity index (χ3v) is 7.11. The average Bonchev–Trinajstić information content (AvgIpc) is 2.80. The number of nitrogens with zero attached hydrogens (tertiary/aromatic N) is 2. The van der Waals surface area contributed by atoms with E-state index in [2.05, 4.69) is 51.5 Å². The second-order valence-electron chi connectivity index (χ2n) is 9.12. The molecule has 0 spiro atoms. The van der Waals surface area contributed by atoms with E-state index < -0.39 is 0 Å². The molecule has 29 heavy (non-hydrogen) atoms. The van der Waals surface area contributed by atoms with Crippen molar-refractivity contribution in [1.29, 1.82) is 0 Å². The highest BCUT2D eigenvalue weighted by atomic mass is 16.1. The number of rotatable bonds is 6. The minimum atomic E-state index is 0.212. The van der Waals surface area contributed by atoms with E-state index in [4.69, 9.17) is 0 Å². The minimum Gasteiger partial charge on any atom is -0.369 e. The number of carbonyl (C=O) groups is 1. The van der Waals surface area contributed by atoms with Crippen LogP contribution in [0.15, 0.2) is 42.0 Å². The van der Waals surface area contributed by atoms with Crippen molar-refractivity contribution in [3.05, 3.63) is 42.0 Å². The highest BCUT2D eigenvalue weighted by molar-refractivity contribution is 5.93. The highest BCUT2D eigenvalue weighted by Crippen LogP contribution is 2.28. The number of hydrogen-bond donors (Lipinski definition) is 1. The van der Waals surface area contributed by atoms with Gasteiger partial charge in [0, 0.05) is 43.5 Å². The number of nitrogens with one attached hydrogen (secondary N) is 1. The fourth-order valence-corrected chi connectivity index (χ4v) is 5.15. The Hall–Kier alpha value is -1.81. The Kier molecular flexibility index (Phi) is 7.26. The number of allylic oxidation sites excluding steroid dienone is 1. The predicted molar refractivity (Wildman–Crippen MR) is 120 cm³/mol. The van der Waals surface area contributed by atoms with Crippen molar-refractivity contribution in [2.75, 3.05) is 37.6 Å². The van der Waals surface area contributed by atoms with Gasteiger partial charge in [0.1, 0.15) is 0 Å². The summed E-state index contributed by atoms with van der Waals surface area (Å²) in [5.74, 6) is 1.05. The molecule has 0 atom stereocenters. The maximum absolute atomic E-state index is 12.4. The fourth-order valence-electron chi connectivity index (χ4n) is 5.15.